The van der Waals surface area contributed by atoms with E-state index < -0.39 is 65.5 Å². The zero-order valence-corrected chi connectivity index (χ0v) is 23.7. The summed E-state index contributed by atoms with van der Waals surface area (Å²) in [5.74, 6) is -8.05. The maximum absolute atomic E-state index is 12.9. The number of fused-ring (bicyclic) bond motifs is 1. The minimum atomic E-state index is -5.08. The van der Waals surface area contributed by atoms with Gasteiger partial charge in [-0.1, -0.05) is 23.5 Å². The highest BCUT2D eigenvalue weighted by Crippen LogP contribution is 2.32. The number of anilines is 2. The Bertz CT molecular complexity index is 1790. The number of amides is 2. The van der Waals surface area contributed by atoms with Gasteiger partial charge in [-0.3, -0.25) is 20.2 Å². The van der Waals surface area contributed by atoms with Crippen LogP contribution in [0.3, 0.4) is 0 Å². The number of para-hydroxylation sites is 1. The molecule has 0 saturated carbocycles. The summed E-state index contributed by atoms with van der Waals surface area (Å²) in [5.41, 5.74) is -1.07. The van der Waals surface area contributed by atoms with Crippen LogP contribution in [0.5, 0.6) is 5.75 Å². The zero-order valence-electron chi connectivity index (χ0n) is 22.9. The first-order valence-corrected chi connectivity index (χ1v) is 12.7. The van der Waals surface area contributed by atoms with Crippen LogP contribution in [0.1, 0.15) is 25.6 Å². The van der Waals surface area contributed by atoms with Crippen LogP contribution in [0, 0.1) is 0 Å². The fraction of sp³-hybridized carbons (Fsp3) is 0.167. The molecule has 2 amide bonds. The Hall–Kier alpha value is -5.62. The van der Waals surface area contributed by atoms with Gasteiger partial charge in [0, 0.05) is 0 Å². The number of nitrogens with one attached hydrogen (secondary N) is 3. The molecule has 0 aliphatic carbocycles. The second-order valence-corrected chi connectivity index (χ2v) is 9.43. The highest BCUT2D eigenvalue weighted by molar-refractivity contribution is 7.17. The van der Waals surface area contributed by atoms with Crippen molar-refractivity contribution in [3.8, 4) is 5.75 Å². The summed E-state index contributed by atoms with van der Waals surface area (Å²) in [6.07, 6.45) is -18.6. The molecule has 0 aliphatic heterocycles. The molecule has 0 bridgehead atoms. The van der Waals surface area contributed by atoms with E-state index in [-0.39, 0.29) is 27.0 Å². The number of alkyl halides is 12. The van der Waals surface area contributed by atoms with Crippen molar-refractivity contribution in [2.75, 3.05) is 10.6 Å². The smallest absolute Gasteiger partial charge is 0.475 e. The van der Waals surface area contributed by atoms with Gasteiger partial charge in [-0.15, -0.1) is 13.2 Å². The Morgan fingerprint density at radius 2 is 1.33 bits per heavy atom. The van der Waals surface area contributed by atoms with Crippen LogP contribution >= 0.6 is 11.3 Å². The number of carboxylic acids is 2. The number of aliphatic carboxylic acids is 2. The summed E-state index contributed by atoms with van der Waals surface area (Å²) in [6.45, 7) is 0. The van der Waals surface area contributed by atoms with Gasteiger partial charge < -0.3 is 19.9 Å². The Morgan fingerprint density at radius 1 is 0.776 bits per heavy atom. The molecule has 49 heavy (non-hydrogen) atoms. The van der Waals surface area contributed by atoms with E-state index in [4.69, 9.17) is 19.8 Å². The summed E-state index contributed by atoms with van der Waals surface area (Å²) < 4.78 is 144. The largest absolute Gasteiger partial charge is 0.573 e. The number of hydrogen-bond donors (Lipinski definition) is 5. The van der Waals surface area contributed by atoms with Crippen molar-refractivity contribution >= 4 is 57.2 Å². The average molecular weight is 743 g/mol. The maximum Gasteiger partial charge on any atom is 0.573 e. The Kier molecular flexibility index (Phi) is 12.2. The van der Waals surface area contributed by atoms with Gasteiger partial charge >= 0.3 is 36.8 Å². The van der Waals surface area contributed by atoms with Crippen LogP contribution < -0.4 is 15.4 Å². The minimum absolute atomic E-state index is 0.0171. The van der Waals surface area contributed by atoms with Crippen LogP contribution in [0.4, 0.5) is 63.8 Å². The first kappa shape index (κ1) is 39.6. The van der Waals surface area contributed by atoms with E-state index in [0.717, 1.165) is 36.5 Å². The van der Waals surface area contributed by atoms with E-state index in [1.54, 1.807) is 0 Å². The lowest BCUT2D eigenvalue weighted by Gasteiger charge is -2.12. The molecule has 0 saturated heterocycles. The quantitative estimate of drug-likeness (QED) is 0.139. The number of carboxylic acid groups (broad SMARTS) is 2. The number of thiazole rings is 1. The SMILES string of the molecule is O=C(Nc1nc2ccc(C(F)(F)F)cc2[nH]1)c1cnc(NC(=O)c2ccccc2OC(F)(F)F)s1.O=C(O)C(F)(F)F.O=C(O)C(F)(F)F. The van der Waals surface area contributed by atoms with Crippen molar-refractivity contribution in [2.45, 2.75) is 24.9 Å². The van der Waals surface area contributed by atoms with Gasteiger partial charge in [-0.2, -0.15) is 39.5 Å². The Morgan fingerprint density at radius 3 is 1.84 bits per heavy atom. The van der Waals surface area contributed by atoms with Gasteiger partial charge in [0.05, 0.1) is 28.4 Å². The molecule has 4 rings (SSSR count). The van der Waals surface area contributed by atoms with Gasteiger partial charge in [-0.25, -0.2) is 19.6 Å². The molecule has 4 aromatic rings. The maximum atomic E-state index is 12.9. The number of benzene rings is 2. The van der Waals surface area contributed by atoms with E-state index in [9.17, 15) is 62.3 Å². The number of ether oxygens (including phenoxy) is 1. The highest BCUT2D eigenvalue weighted by atomic mass is 32.1. The first-order valence-electron chi connectivity index (χ1n) is 11.9. The minimum Gasteiger partial charge on any atom is -0.475 e. The number of imidazole rings is 1. The van der Waals surface area contributed by atoms with Crippen LogP contribution in [0.2, 0.25) is 0 Å². The number of hydrogen-bond acceptors (Lipinski definition) is 8. The number of halogens is 12. The van der Waals surface area contributed by atoms with Crippen molar-refractivity contribution in [2.24, 2.45) is 0 Å². The van der Waals surface area contributed by atoms with Gasteiger partial charge in [0.1, 0.15) is 10.6 Å². The molecule has 0 spiro atoms. The molecular weight excluding hydrogens is 730 g/mol. The highest BCUT2D eigenvalue weighted by Gasteiger charge is 2.39. The molecule has 12 nitrogen and oxygen atoms in total. The van der Waals surface area contributed by atoms with E-state index >= 15 is 0 Å². The summed E-state index contributed by atoms with van der Waals surface area (Å²) in [6, 6.07) is 7.52. The fourth-order valence-corrected chi connectivity index (χ4v) is 3.59. The molecule has 0 atom stereocenters. The molecule has 0 unspecified atom stereocenters. The van der Waals surface area contributed by atoms with E-state index in [1.807, 2.05) is 0 Å². The molecule has 266 valence electrons. The number of H-pyrrole nitrogens is 1. The second-order valence-electron chi connectivity index (χ2n) is 8.40. The Balaban J connectivity index is 0.000000500. The van der Waals surface area contributed by atoms with Crippen molar-refractivity contribution in [3.05, 3.63) is 64.7 Å². The number of aromatic nitrogens is 3. The molecule has 25 heteroatoms. The molecular formula is C24H13F12N5O7S. The number of nitrogens with zero attached hydrogens (tertiary/aromatic N) is 2. The molecule has 5 N–H and O–H groups in total. The Labute approximate surface area is 265 Å². The van der Waals surface area contributed by atoms with Gasteiger partial charge in [0.25, 0.3) is 11.8 Å². The third kappa shape index (κ3) is 12.5. The van der Waals surface area contributed by atoms with Crippen LogP contribution in [0.15, 0.2) is 48.7 Å². The molecule has 2 aromatic carbocycles. The average Bonchev–Trinajstić information content (AvgIpc) is 3.57. The lowest BCUT2D eigenvalue weighted by Crippen LogP contribution is -2.21. The summed E-state index contributed by atoms with van der Waals surface area (Å²) in [5, 5.41) is 18.8. The van der Waals surface area contributed by atoms with Gasteiger partial charge in [0.2, 0.25) is 5.95 Å². The number of carbonyl (C=O) groups excluding carboxylic acids is 2. The van der Waals surface area contributed by atoms with Gasteiger partial charge in [0.15, 0.2) is 5.13 Å². The van der Waals surface area contributed by atoms with E-state index in [1.165, 1.54) is 12.1 Å². The predicted octanol–water partition coefficient (Wildman–Crippen LogP) is 6.71. The normalized spacial score (nSPS) is 11.8. The van der Waals surface area contributed by atoms with Crippen LogP contribution in [-0.4, -0.2) is 67.6 Å². The number of aromatic amines is 1. The van der Waals surface area contributed by atoms with Crippen molar-refractivity contribution < 1.29 is 86.8 Å². The van der Waals surface area contributed by atoms with Crippen molar-refractivity contribution in [3.63, 3.8) is 0 Å². The summed E-state index contributed by atoms with van der Waals surface area (Å²) in [7, 11) is 0. The lowest BCUT2D eigenvalue weighted by atomic mass is 10.2. The lowest BCUT2D eigenvalue weighted by molar-refractivity contribution is -0.274. The van der Waals surface area contributed by atoms with Crippen molar-refractivity contribution in [1.29, 1.82) is 0 Å². The molecule has 0 radical (unpaired) electrons. The van der Waals surface area contributed by atoms with Crippen LogP contribution in [0.25, 0.3) is 11.0 Å². The topological polar surface area (TPSA) is 184 Å². The fourth-order valence-electron chi connectivity index (χ4n) is 2.88. The third-order valence-corrected chi connectivity index (χ3v) is 5.74. The second kappa shape index (κ2) is 15.1. The summed E-state index contributed by atoms with van der Waals surface area (Å²) in [4.78, 5) is 53.0. The molecule has 2 aromatic heterocycles. The van der Waals surface area contributed by atoms with Crippen LogP contribution in [-0.2, 0) is 15.8 Å². The molecule has 2 heterocycles. The van der Waals surface area contributed by atoms with Crippen molar-refractivity contribution in [1.82, 2.24) is 15.0 Å². The van der Waals surface area contributed by atoms with E-state index in [0.29, 0.717) is 11.3 Å². The monoisotopic (exact) mass is 743 g/mol. The predicted molar refractivity (Wildman–Crippen MR) is 140 cm³/mol. The number of rotatable bonds is 5. The zero-order chi connectivity index (χ0) is 37.5. The third-order valence-electron chi connectivity index (χ3n) is 4.83. The van der Waals surface area contributed by atoms with E-state index in [2.05, 4.69) is 30.3 Å². The molecule has 0 aliphatic rings. The first-order chi connectivity index (χ1) is 22.3. The van der Waals surface area contributed by atoms with Gasteiger partial charge in [-0.05, 0) is 30.3 Å². The summed E-state index contributed by atoms with van der Waals surface area (Å²) >= 11 is 0.706. The molecule has 0 fully saturated rings. The number of carbonyl (C=O) groups is 4. The standard InChI is InChI=1S/C20H11F6N5O3S.2C2HF3O2/c21-19(22,23)9-5-6-11-12(7-9)29-17(28-11)30-16(33)14-8-27-18(35-14)31-15(32)10-3-1-2-4-13(10)34-20(24,25)26;2*3-2(4,5)1(6)7/h1-8H,(H,27,31,32)(H2,28,29,30,33);2*(H,6,7).